The van der Waals surface area contributed by atoms with E-state index >= 15 is 0 Å². The van der Waals surface area contributed by atoms with Crippen LogP contribution in [0.25, 0.3) is 11.3 Å². The monoisotopic (exact) mass is 395 g/mol. The van der Waals surface area contributed by atoms with Crippen LogP contribution in [0.4, 0.5) is 0 Å². The fourth-order valence-corrected chi connectivity index (χ4v) is 5.30. The van der Waals surface area contributed by atoms with Gasteiger partial charge in [-0.05, 0) is 37.6 Å². The van der Waals surface area contributed by atoms with Gasteiger partial charge in [-0.25, -0.2) is 4.98 Å². The first-order valence-electron chi connectivity index (χ1n) is 9.75. The molecule has 0 N–H and O–H groups in total. The molecule has 0 aliphatic carbocycles. The summed E-state index contributed by atoms with van der Waals surface area (Å²) < 4.78 is 14.1. The lowest BCUT2D eigenvalue weighted by Crippen LogP contribution is -2.44. The van der Waals surface area contributed by atoms with Gasteiger partial charge in [0, 0.05) is 35.0 Å². The van der Waals surface area contributed by atoms with Crippen LogP contribution >= 0.6 is 11.3 Å². The number of likely N-dealkylation sites (tertiary alicyclic amines) is 1. The first-order valence-corrected chi connectivity index (χ1v) is 10.6. The highest BCUT2D eigenvalue weighted by Crippen LogP contribution is 2.36. The Kier molecular flexibility index (Phi) is 4.50. The van der Waals surface area contributed by atoms with E-state index in [0.717, 1.165) is 55.4 Å². The summed E-state index contributed by atoms with van der Waals surface area (Å²) in [6.07, 6.45) is 3.03. The molecule has 0 radical (unpaired) electrons. The standard InChI is InChI=1S/C22H25N3O2S/c1-16-6-7-19(28-16)12-24-9-8-22(14-24)15-25-20(11-23-21(25)13-27-22)17-4-3-5-18(10-17)26-2/h3-7,10-11H,8-9,12-15H2,1-2H3/t22-/m1/s1. The lowest BCUT2D eigenvalue weighted by molar-refractivity contribution is -0.0821. The Morgan fingerprint density at radius 1 is 1.25 bits per heavy atom. The maximum Gasteiger partial charge on any atom is 0.135 e. The average molecular weight is 396 g/mol. The molecule has 1 fully saturated rings. The molecule has 0 amide bonds. The van der Waals surface area contributed by atoms with Crippen molar-refractivity contribution in [3.63, 3.8) is 0 Å². The number of fused-ring (bicyclic) bond motifs is 1. The van der Waals surface area contributed by atoms with Gasteiger partial charge in [-0.2, -0.15) is 0 Å². The van der Waals surface area contributed by atoms with Crippen LogP contribution in [0.2, 0.25) is 0 Å². The van der Waals surface area contributed by atoms with E-state index in [0.29, 0.717) is 6.61 Å². The van der Waals surface area contributed by atoms with Crippen molar-refractivity contribution in [3.8, 4) is 17.0 Å². The Hall–Kier alpha value is -2.15. The van der Waals surface area contributed by atoms with E-state index < -0.39 is 0 Å². The molecule has 6 heteroatoms. The normalized spacial score (nSPS) is 21.9. The molecule has 146 valence electrons. The Morgan fingerprint density at radius 3 is 3.00 bits per heavy atom. The van der Waals surface area contributed by atoms with Gasteiger partial charge in [0.1, 0.15) is 23.8 Å². The molecule has 5 rings (SSSR count). The zero-order chi connectivity index (χ0) is 19.1. The third-order valence-electron chi connectivity index (χ3n) is 5.83. The molecule has 5 nitrogen and oxygen atoms in total. The molecule has 2 aliphatic heterocycles. The smallest absolute Gasteiger partial charge is 0.135 e. The van der Waals surface area contributed by atoms with Gasteiger partial charge in [-0.3, -0.25) is 4.90 Å². The molecule has 2 aromatic heterocycles. The maximum atomic E-state index is 6.37. The van der Waals surface area contributed by atoms with Gasteiger partial charge >= 0.3 is 0 Å². The molecule has 2 aliphatic rings. The molecule has 1 saturated heterocycles. The van der Waals surface area contributed by atoms with Crippen LogP contribution in [-0.2, 0) is 24.4 Å². The van der Waals surface area contributed by atoms with Crippen LogP contribution in [0.5, 0.6) is 5.75 Å². The minimum absolute atomic E-state index is 0.117. The maximum absolute atomic E-state index is 6.37. The van der Waals surface area contributed by atoms with Gasteiger partial charge in [-0.1, -0.05) is 12.1 Å². The second-order valence-electron chi connectivity index (χ2n) is 7.82. The number of hydrogen-bond acceptors (Lipinski definition) is 5. The molecular formula is C22H25N3O2S. The Morgan fingerprint density at radius 2 is 2.18 bits per heavy atom. The van der Waals surface area contributed by atoms with Gasteiger partial charge in [0.05, 0.1) is 25.5 Å². The minimum atomic E-state index is -0.117. The van der Waals surface area contributed by atoms with E-state index in [1.807, 2.05) is 29.7 Å². The van der Waals surface area contributed by atoms with E-state index in [1.54, 1.807) is 7.11 Å². The minimum Gasteiger partial charge on any atom is -0.497 e. The molecule has 0 saturated carbocycles. The molecule has 0 bridgehead atoms. The molecule has 4 heterocycles. The number of nitrogens with zero attached hydrogens (tertiary/aromatic N) is 3. The number of methoxy groups -OCH3 is 1. The van der Waals surface area contributed by atoms with Crippen molar-refractivity contribution in [2.45, 2.75) is 38.6 Å². The third-order valence-corrected chi connectivity index (χ3v) is 6.81. The van der Waals surface area contributed by atoms with Gasteiger partial charge in [0.15, 0.2) is 0 Å². The summed E-state index contributed by atoms with van der Waals surface area (Å²) in [5, 5.41) is 0. The Bertz CT molecular complexity index is 995. The van der Waals surface area contributed by atoms with E-state index in [4.69, 9.17) is 9.47 Å². The molecule has 28 heavy (non-hydrogen) atoms. The van der Waals surface area contributed by atoms with Crippen LogP contribution in [0.1, 0.15) is 22.0 Å². The van der Waals surface area contributed by atoms with Crippen LogP contribution in [0, 0.1) is 6.92 Å². The molecule has 1 aromatic carbocycles. The van der Waals surface area contributed by atoms with E-state index in [2.05, 4.69) is 45.6 Å². The summed E-state index contributed by atoms with van der Waals surface area (Å²) in [6.45, 7) is 6.67. The number of ether oxygens (including phenoxy) is 2. The number of imidazole rings is 1. The second kappa shape index (κ2) is 7.03. The van der Waals surface area contributed by atoms with Gasteiger partial charge in [-0.15, -0.1) is 11.3 Å². The summed E-state index contributed by atoms with van der Waals surface area (Å²) in [5.74, 6) is 1.88. The number of rotatable bonds is 4. The highest BCUT2D eigenvalue weighted by molar-refractivity contribution is 7.11. The van der Waals surface area contributed by atoms with Crippen molar-refractivity contribution in [2.24, 2.45) is 0 Å². The van der Waals surface area contributed by atoms with E-state index in [1.165, 1.54) is 9.75 Å². The fourth-order valence-electron chi connectivity index (χ4n) is 4.37. The molecular weight excluding hydrogens is 370 g/mol. The van der Waals surface area contributed by atoms with E-state index in [9.17, 15) is 0 Å². The predicted molar refractivity (Wildman–Crippen MR) is 111 cm³/mol. The lowest BCUT2D eigenvalue weighted by atomic mass is 10.0. The highest BCUT2D eigenvalue weighted by Gasteiger charge is 2.43. The van der Waals surface area contributed by atoms with Gasteiger partial charge < -0.3 is 14.0 Å². The lowest BCUT2D eigenvalue weighted by Gasteiger charge is -2.35. The fraction of sp³-hybridized carbons (Fsp3) is 0.409. The molecule has 3 aromatic rings. The zero-order valence-corrected chi connectivity index (χ0v) is 17.2. The van der Waals surface area contributed by atoms with Crippen LogP contribution in [0.15, 0.2) is 42.6 Å². The summed E-state index contributed by atoms with van der Waals surface area (Å²) in [4.78, 5) is 9.96. The number of hydrogen-bond donors (Lipinski definition) is 0. The number of thiophene rings is 1. The highest BCUT2D eigenvalue weighted by atomic mass is 32.1. The SMILES string of the molecule is COc1cccc(-c2cnc3n2C[C@]2(CCN(Cc4ccc(C)s4)C2)OC3)c1. The number of benzene rings is 1. The van der Waals surface area contributed by atoms with Crippen LogP contribution in [-0.4, -0.2) is 40.3 Å². The second-order valence-corrected chi connectivity index (χ2v) is 9.19. The first-order chi connectivity index (χ1) is 13.6. The molecule has 1 spiro atoms. The van der Waals surface area contributed by atoms with Crippen molar-refractivity contribution in [1.82, 2.24) is 14.5 Å². The quantitative estimate of drug-likeness (QED) is 0.667. The van der Waals surface area contributed by atoms with Crippen LogP contribution in [0.3, 0.4) is 0 Å². The first kappa shape index (κ1) is 17.9. The predicted octanol–water partition coefficient (Wildman–Crippen LogP) is 4.10. The zero-order valence-electron chi connectivity index (χ0n) is 16.4. The van der Waals surface area contributed by atoms with Gasteiger partial charge in [0.2, 0.25) is 0 Å². The van der Waals surface area contributed by atoms with Crippen molar-refractivity contribution >= 4 is 11.3 Å². The van der Waals surface area contributed by atoms with Crippen molar-refractivity contribution in [3.05, 3.63) is 58.2 Å². The third kappa shape index (κ3) is 3.26. The van der Waals surface area contributed by atoms with Gasteiger partial charge in [0.25, 0.3) is 0 Å². The summed E-state index contributed by atoms with van der Waals surface area (Å²) in [5.41, 5.74) is 2.16. The Balaban J connectivity index is 1.37. The summed E-state index contributed by atoms with van der Waals surface area (Å²) in [7, 11) is 1.70. The molecule has 1 atom stereocenters. The van der Waals surface area contributed by atoms with Crippen LogP contribution < -0.4 is 4.74 Å². The summed E-state index contributed by atoms with van der Waals surface area (Å²) in [6, 6.07) is 12.7. The average Bonchev–Trinajstić information content (AvgIpc) is 3.41. The number of aryl methyl sites for hydroxylation is 1. The van der Waals surface area contributed by atoms with Crippen molar-refractivity contribution in [2.75, 3.05) is 20.2 Å². The Labute approximate surface area is 169 Å². The topological polar surface area (TPSA) is 39.5 Å². The summed E-state index contributed by atoms with van der Waals surface area (Å²) >= 11 is 1.89. The van der Waals surface area contributed by atoms with Crippen molar-refractivity contribution in [1.29, 1.82) is 0 Å². The number of aromatic nitrogens is 2. The van der Waals surface area contributed by atoms with E-state index in [-0.39, 0.29) is 5.60 Å². The molecule has 0 unspecified atom stereocenters. The van der Waals surface area contributed by atoms with Crippen molar-refractivity contribution < 1.29 is 9.47 Å². The largest absolute Gasteiger partial charge is 0.497 e.